The molecule has 0 heterocycles. The number of rotatable bonds is 1. The minimum Gasteiger partial charge on any atom is -0.166 e. The molecule has 0 aliphatic rings. The van der Waals surface area contributed by atoms with Gasteiger partial charge in [-0.3, -0.25) is 0 Å². The van der Waals surface area contributed by atoms with Gasteiger partial charge in [0.05, 0.1) is 5.56 Å². The van der Waals surface area contributed by atoms with E-state index in [2.05, 4.69) is 15.9 Å². The molecule has 0 fully saturated rings. The maximum absolute atomic E-state index is 12.7. The highest BCUT2D eigenvalue weighted by Gasteiger charge is 2.31. The van der Waals surface area contributed by atoms with Crippen LogP contribution in [0.4, 0.5) is 13.2 Å². The van der Waals surface area contributed by atoms with Crippen LogP contribution in [0.25, 0.3) is 11.1 Å². The second-order valence-corrected chi connectivity index (χ2v) is 4.86. The molecule has 2 aromatic rings. The van der Waals surface area contributed by atoms with Gasteiger partial charge < -0.3 is 0 Å². The lowest BCUT2D eigenvalue weighted by Gasteiger charge is -2.12. The van der Waals surface area contributed by atoms with Crippen LogP contribution >= 0.6 is 15.9 Å². The lowest BCUT2D eigenvalue weighted by Crippen LogP contribution is -2.05. The minimum atomic E-state index is -4.32. The largest absolute Gasteiger partial charge is 0.416 e. The van der Waals surface area contributed by atoms with Crippen LogP contribution in [0, 0.1) is 6.92 Å². The van der Waals surface area contributed by atoms with E-state index in [9.17, 15) is 13.2 Å². The first-order valence-electron chi connectivity index (χ1n) is 5.32. The maximum Gasteiger partial charge on any atom is 0.416 e. The summed E-state index contributed by atoms with van der Waals surface area (Å²) in [6.45, 7) is 1.88. The lowest BCUT2D eigenvalue weighted by molar-refractivity contribution is -0.137. The summed E-state index contributed by atoms with van der Waals surface area (Å²) in [7, 11) is 0. The molecule has 4 heteroatoms. The van der Waals surface area contributed by atoms with E-state index in [-0.39, 0.29) is 0 Å². The lowest BCUT2D eigenvalue weighted by atomic mass is 9.99. The number of alkyl halides is 3. The molecule has 0 aliphatic heterocycles. The molecule has 0 unspecified atom stereocenters. The highest BCUT2D eigenvalue weighted by atomic mass is 79.9. The first-order chi connectivity index (χ1) is 8.39. The zero-order valence-corrected chi connectivity index (χ0v) is 11.1. The summed E-state index contributed by atoms with van der Waals surface area (Å²) >= 11 is 3.30. The Morgan fingerprint density at radius 3 is 2.22 bits per heavy atom. The molecule has 0 N–H and O–H groups in total. The van der Waals surface area contributed by atoms with E-state index in [1.165, 1.54) is 12.1 Å². The maximum atomic E-state index is 12.7. The highest BCUT2D eigenvalue weighted by Crippen LogP contribution is 2.36. The molecule has 0 radical (unpaired) electrons. The van der Waals surface area contributed by atoms with Gasteiger partial charge in [-0.15, -0.1) is 0 Å². The van der Waals surface area contributed by atoms with Crippen LogP contribution in [-0.2, 0) is 6.18 Å². The Bertz CT molecular complexity index is 573. The fraction of sp³-hybridized carbons (Fsp3) is 0.143. The summed E-state index contributed by atoms with van der Waals surface area (Å²) in [6, 6.07) is 11.1. The monoisotopic (exact) mass is 314 g/mol. The predicted molar refractivity (Wildman–Crippen MR) is 69.3 cm³/mol. The molecule has 0 aromatic heterocycles. The molecule has 0 atom stereocenters. The third kappa shape index (κ3) is 2.58. The smallest absolute Gasteiger partial charge is 0.166 e. The molecular formula is C14H10BrF3. The normalized spacial score (nSPS) is 11.6. The number of halogens is 4. The van der Waals surface area contributed by atoms with Gasteiger partial charge in [-0.1, -0.05) is 40.2 Å². The fourth-order valence-corrected chi connectivity index (χ4v) is 2.24. The van der Waals surface area contributed by atoms with Crippen LogP contribution in [0.3, 0.4) is 0 Å². The van der Waals surface area contributed by atoms with Crippen LogP contribution in [0.15, 0.2) is 46.9 Å². The van der Waals surface area contributed by atoms with Crippen molar-refractivity contribution in [3.05, 3.63) is 58.1 Å². The molecule has 0 saturated heterocycles. The summed E-state index contributed by atoms with van der Waals surface area (Å²) in [5.41, 5.74) is 1.67. The van der Waals surface area contributed by atoms with Crippen molar-refractivity contribution in [1.82, 2.24) is 0 Å². The molecule has 0 spiro atoms. The third-order valence-electron chi connectivity index (χ3n) is 2.73. The zero-order valence-electron chi connectivity index (χ0n) is 9.55. The van der Waals surface area contributed by atoms with Crippen molar-refractivity contribution in [2.45, 2.75) is 13.1 Å². The molecule has 2 rings (SSSR count). The molecule has 0 aliphatic carbocycles. The Balaban J connectivity index is 2.61. The number of hydrogen-bond donors (Lipinski definition) is 0. The van der Waals surface area contributed by atoms with E-state index in [1.54, 1.807) is 0 Å². The highest BCUT2D eigenvalue weighted by molar-refractivity contribution is 9.10. The van der Waals surface area contributed by atoms with Crippen LogP contribution < -0.4 is 0 Å². The molecule has 18 heavy (non-hydrogen) atoms. The molecule has 0 amide bonds. The Kier molecular flexibility index (Phi) is 3.48. The van der Waals surface area contributed by atoms with E-state index >= 15 is 0 Å². The molecule has 0 saturated carbocycles. The predicted octanol–water partition coefficient (Wildman–Crippen LogP) is 5.44. The molecule has 2 aromatic carbocycles. The van der Waals surface area contributed by atoms with E-state index in [1.807, 2.05) is 31.2 Å². The second-order valence-electron chi connectivity index (χ2n) is 4.01. The summed E-state index contributed by atoms with van der Waals surface area (Å²) in [5.74, 6) is 0. The fourth-order valence-electron chi connectivity index (χ4n) is 1.78. The summed E-state index contributed by atoms with van der Waals surface area (Å²) < 4.78 is 38.8. The zero-order chi connectivity index (χ0) is 13.3. The van der Waals surface area contributed by atoms with E-state index in [4.69, 9.17) is 0 Å². The average molecular weight is 315 g/mol. The van der Waals surface area contributed by atoms with Crippen LogP contribution in [-0.4, -0.2) is 0 Å². The van der Waals surface area contributed by atoms with E-state index < -0.39 is 11.7 Å². The van der Waals surface area contributed by atoms with Gasteiger partial charge in [-0.05, 0) is 41.8 Å². The van der Waals surface area contributed by atoms with Crippen LogP contribution in [0.5, 0.6) is 0 Å². The molecule has 94 valence electrons. The first kappa shape index (κ1) is 13.1. The Labute approximate surface area is 112 Å². The standard InChI is InChI=1S/C14H10BrF3/c1-9-4-2-3-5-11(9)12-8-10(14(16,17)18)6-7-13(12)15/h2-8H,1H3. The molecule has 0 nitrogen and oxygen atoms in total. The number of benzene rings is 2. The van der Waals surface area contributed by atoms with Gasteiger partial charge in [0.15, 0.2) is 0 Å². The molecule has 0 bridgehead atoms. The van der Waals surface area contributed by atoms with Crippen molar-refractivity contribution >= 4 is 15.9 Å². The second kappa shape index (κ2) is 4.76. The third-order valence-corrected chi connectivity index (χ3v) is 3.42. The van der Waals surface area contributed by atoms with Gasteiger partial charge in [-0.25, -0.2) is 0 Å². The topological polar surface area (TPSA) is 0 Å². The van der Waals surface area contributed by atoms with Crippen LogP contribution in [0.2, 0.25) is 0 Å². The van der Waals surface area contributed by atoms with Gasteiger partial charge in [0.1, 0.15) is 0 Å². The molecular weight excluding hydrogens is 305 g/mol. The summed E-state index contributed by atoms with van der Waals surface area (Å²) in [6.07, 6.45) is -4.32. The van der Waals surface area contributed by atoms with E-state index in [0.717, 1.165) is 17.2 Å². The average Bonchev–Trinajstić information content (AvgIpc) is 2.29. The van der Waals surface area contributed by atoms with Gasteiger partial charge in [0.25, 0.3) is 0 Å². The van der Waals surface area contributed by atoms with E-state index in [0.29, 0.717) is 10.0 Å². The van der Waals surface area contributed by atoms with Crippen molar-refractivity contribution in [3.63, 3.8) is 0 Å². The van der Waals surface area contributed by atoms with Gasteiger partial charge in [0, 0.05) is 4.47 Å². The van der Waals surface area contributed by atoms with Gasteiger partial charge >= 0.3 is 6.18 Å². The Morgan fingerprint density at radius 1 is 0.944 bits per heavy atom. The number of hydrogen-bond acceptors (Lipinski definition) is 0. The summed E-state index contributed by atoms with van der Waals surface area (Å²) in [5, 5.41) is 0. The van der Waals surface area contributed by atoms with Crippen molar-refractivity contribution in [2.75, 3.05) is 0 Å². The van der Waals surface area contributed by atoms with Gasteiger partial charge in [-0.2, -0.15) is 13.2 Å². The SMILES string of the molecule is Cc1ccccc1-c1cc(C(F)(F)F)ccc1Br. The Morgan fingerprint density at radius 2 is 1.61 bits per heavy atom. The quantitative estimate of drug-likeness (QED) is 0.657. The van der Waals surface area contributed by atoms with Crippen molar-refractivity contribution in [3.8, 4) is 11.1 Å². The Hall–Kier alpha value is -1.29. The summed E-state index contributed by atoms with van der Waals surface area (Å²) in [4.78, 5) is 0. The first-order valence-corrected chi connectivity index (χ1v) is 6.11. The van der Waals surface area contributed by atoms with Crippen molar-refractivity contribution in [2.24, 2.45) is 0 Å². The van der Waals surface area contributed by atoms with Crippen LogP contribution in [0.1, 0.15) is 11.1 Å². The van der Waals surface area contributed by atoms with Crippen molar-refractivity contribution < 1.29 is 13.2 Å². The minimum absolute atomic E-state index is 0.558. The van der Waals surface area contributed by atoms with Gasteiger partial charge in [0.2, 0.25) is 0 Å². The number of aryl methyl sites for hydroxylation is 1. The van der Waals surface area contributed by atoms with Crippen molar-refractivity contribution in [1.29, 1.82) is 0 Å².